The van der Waals surface area contributed by atoms with Crippen molar-refractivity contribution in [1.29, 1.82) is 0 Å². The number of rotatable bonds is 7. The maximum Gasteiger partial charge on any atom is 0.261 e. The number of hydrogen-bond donors (Lipinski definition) is 2. The van der Waals surface area contributed by atoms with Crippen molar-refractivity contribution in [3.63, 3.8) is 0 Å². The van der Waals surface area contributed by atoms with Crippen molar-refractivity contribution in [3.05, 3.63) is 42.5 Å². The van der Waals surface area contributed by atoms with Crippen molar-refractivity contribution in [2.24, 2.45) is 5.92 Å². The predicted octanol–water partition coefficient (Wildman–Crippen LogP) is 3.93. The molecule has 0 aliphatic carbocycles. The van der Waals surface area contributed by atoms with E-state index in [1.807, 2.05) is 6.26 Å². The van der Waals surface area contributed by atoms with Gasteiger partial charge >= 0.3 is 0 Å². The zero-order valence-electron chi connectivity index (χ0n) is 17.1. The molecule has 3 rings (SSSR count). The van der Waals surface area contributed by atoms with E-state index in [2.05, 4.69) is 10.0 Å². The Kier molecular flexibility index (Phi) is 6.72. The second kappa shape index (κ2) is 9.09. The molecule has 1 aliphatic heterocycles. The van der Waals surface area contributed by atoms with Crippen LogP contribution in [0.5, 0.6) is 0 Å². The van der Waals surface area contributed by atoms with Crippen molar-refractivity contribution in [3.8, 4) is 0 Å². The van der Waals surface area contributed by atoms with E-state index >= 15 is 0 Å². The molecule has 0 spiro atoms. The molecule has 0 bridgehead atoms. The Morgan fingerprint density at radius 3 is 2.40 bits per heavy atom. The predicted molar refractivity (Wildman–Crippen MR) is 121 cm³/mol. The zero-order chi connectivity index (χ0) is 21.9. The Labute approximate surface area is 181 Å². The summed E-state index contributed by atoms with van der Waals surface area (Å²) in [4.78, 5) is 26.5. The largest absolute Gasteiger partial charge is 0.325 e. The van der Waals surface area contributed by atoms with Gasteiger partial charge in [0.25, 0.3) is 10.0 Å². The molecule has 2 aromatic carbocycles. The molecule has 2 aromatic rings. The van der Waals surface area contributed by atoms with Crippen LogP contribution in [0.3, 0.4) is 0 Å². The van der Waals surface area contributed by atoms with E-state index in [1.165, 1.54) is 23.9 Å². The highest BCUT2D eigenvalue weighted by atomic mass is 32.2. The molecule has 2 N–H and O–H groups in total. The number of hydrogen-bond acceptors (Lipinski definition) is 5. The molecule has 30 heavy (non-hydrogen) atoms. The van der Waals surface area contributed by atoms with Crippen LogP contribution in [0, 0.1) is 5.92 Å². The summed E-state index contributed by atoms with van der Waals surface area (Å²) in [5.41, 5.74) is 1.61. The molecule has 1 saturated heterocycles. The molecule has 160 valence electrons. The maximum absolute atomic E-state index is 12.9. The fourth-order valence-corrected chi connectivity index (χ4v) is 4.69. The van der Waals surface area contributed by atoms with Crippen LogP contribution in [-0.4, -0.2) is 33.0 Å². The summed E-state index contributed by atoms with van der Waals surface area (Å²) < 4.78 is 28.3. The van der Waals surface area contributed by atoms with Crippen molar-refractivity contribution < 1.29 is 18.0 Å². The SMILES string of the molecule is CSc1ccc(S(=O)(=O)Nc2ccc(N3CCCC3=O)cc2)cc1NC(=O)C(C)C. The van der Waals surface area contributed by atoms with Gasteiger partial charge in [-0.1, -0.05) is 13.8 Å². The Balaban J connectivity index is 1.81. The summed E-state index contributed by atoms with van der Waals surface area (Å²) in [6.45, 7) is 4.22. The van der Waals surface area contributed by atoms with Gasteiger partial charge in [0, 0.05) is 35.2 Å². The van der Waals surface area contributed by atoms with Crippen LogP contribution >= 0.6 is 11.8 Å². The number of amides is 2. The molecule has 2 amide bonds. The summed E-state index contributed by atoms with van der Waals surface area (Å²) in [5.74, 6) is -0.327. The van der Waals surface area contributed by atoms with Crippen LogP contribution in [0.4, 0.5) is 17.1 Å². The van der Waals surface area contributed by atoms with Gasteiger partial charge in [0.05, 0.1) is 10.6 Å². The number of nitrogens with one attached hydrogen (secondary N) is 2. The van der Waals surface area contributed by atoms with Crippen molar-refractivity contribution in [1.82, 2.24) is 0 Å². The zero-order valence-corrected chi connectivity index (χ0v) is 18.8. The highest BCUT2D eigenvalue weighted by Crippen LogP contribution is 2.30. The molecule has 7 nitrogen and oxygen atoms in total. The monoisotopic (exact) mass is 447 g/mol. The third-order valence-electron chi connectivity index (χ3n) is 4.77. The normalized spacial score (nSPS) is 14.3. The Bertz CT molecular complexity index is 1050. The second-order valence-electron chi connectivity index (χ2n) is 7.31. The van der Waals surface area contributed by atoms with Gasteiger partial charge in [0.15, 0.2) is 0 Å². The van der Waals surface area contributed by atoms with Gasteiger partial charge in [-0.25, -0.2) is 8.42 Å². The summed E-state index contributed by atoms with van der Waals surface area (Å²) in [6, 6.07) is 11.4. The third kappa shape index (κ3) is 4.96. The molecule has 1 aliphatic rings. The van der Waals surface area contributed by atoms with Crippen LogP contribution in [0.2, 0.25) is 0 Å². The quantitative estimate of drug-likeness (QED) is 0.627. The smallest absolute Gasteiger partial charge is 0.261 e. The molecular formula is C21H25N3O4S2. The fraction of sp³-hybridized carbons (Fsp3) is 0.333. The molecule has 9 heteroatoms. The second-order valence-corrected chi connectivity index (χ2v) is 9.84. The van der Waals surface area contributed by atoms with Gasteiger partial charge in [-0.15, -0.1) is 11.8 Å². The lowest BCUT2D eigenvalue weighted by molar-refractivity contribution is -0.119. The van der Waals surface area contributed by atoms with Crippen LogP contribution in [0.25, 0.3) is 0 Å². The Morgan fingerprint density at radius 1 is 1.13 bits per heavy atom. The average Bonchev–Trinajstić information content (AvgIpc) is 3.14. The van der Waals surface area contributed by atoms with E-state index in [0.717, 1.165) is 17.0 Å². The number of benzene rings is 2. The molecular weight excluding hydrogens is 422 g/mol. The molecule has 0 saturated carbocycles. The van der Waals surface area contributed by atoms with Crippen molar-refractivity contribution >= 4 is 50.7 Å². The highest BCUT2D eigenvalue weighted by molar-refractivity contribution is 7.98. The summed E-state index contributed by atoms with van der Waals surface area (Å²) in [5, 5.41) is 2.79. The summed E-state index contributed by atoms with van der Waals surface area (Å²) >= 11 is 1.42. The van der Waals surface area contributed by atoms with E-state index in [0.29, 0.717) is 24.3 Å². The first-order valence-corrected chi connectivity index (χ1v) is 12.3. The van der Waals surface area contributed by atoms with Crippen LogP contribution in [0.15, 0.2) is 52.3 Å². The first kappa shape index (κ1) is 22.2. The number of carbonyl (C=O) groups excluding carboxylic acids is 2. The number of sulfonamides is 1. The van der Waals surface area contributed by atoms with Crippen LogP contribution in [0.1, 0.15) is 26.7 Å². The average molecular weight is 448 g/mol. The Hall–Kier alpha value is -2.52. The first-order chi connectivity index (χ1) is 14.2. The summed E-state index contributed by atoms with van der Waals surface area (Å²) in [7, 11) is -3.85. The lowest BCUT2D eigenvalue weighted by Crippen LogP contribution is -2.23. The van der Waals surface area contributed by atoms with Crippen molar-refractivity contribution in [2.75, 3.05) is 27.7 Å². The first-order valence-electron chi connectivity index (χ1n) is 9.63. The van der Waals surface area contributed by atoms with E-state index in [4.69, 9.17) is 0 Å². The van der Waals surface area contributed by atoms with E-state index in [1.54, 1.807) is 49.1 Å². The Morgan fingerprint density at radius 2 is 1.83 bits per heavy atom. The minimum Gasteiger partial charge on any atom is -0.325 e. The number of anilines is 3. The molecule has 0 unspecified atom stereocenters. The molecule has 1 fully saturated rings. The third-order valence-corrected chi connectivity index (χ3v) is 6.94. The van der Waals surface area contributed by atoms with Gasteiger partial charge in [-0.2, -0.15) is 0 Å². The highest BCUT2D eigenvalue weighted by Gasteiger charge is 2.22. The van der Waals surface area contributed by atoms with Gasteiger partial charge in [0.1, 0.15) is 0 Å². The van der Waals surface area contributed by atoms with Crippen LogP contribution < -0.4 is 14.9 Å². The van der Waals surface area contributed by atoms with E-state index in [-0.39, 0.29) is 22.6 Å². The maximum atomic E-state index is 12.9. The summed E-state index contributed by atoms with van der Waals surface area (Å²) in [6.07, 6.45) is 3.23. The topological polar surface area (TPSA) is 95.6 Å². The minimum atomic E-state index is -3.85. The molecule has 0 atom stereocenters. The number of thioether (sulfide) groups is 1. The van der Waals surface area contributed by atoms with Crippen molar-refractivity contribution in [2.45, 2.75) is 36.5 Å². The molecule has 0 radical (unpaired) electrons. The van der Waals surface area contributed by atoms with E-state index < -0.39 is 10.0 Å². The standard InChI is InChI=1S/C21H25N3O4S2/c1-14(2)21(26)22-18-13-17(10-11-19(18)29-3)30(27,28)23-15-6-8-16(9-7-15)24-12-4-5-20(24)25/h6-11,13-14,23H,4-5,12H2,1-3H3,(H,22,26). The minimum absolute atomic E-state index is 0.0538. The molecule has 0 aromatic heterocycles. The van der Waals surface area contributed by atoms with E-state index in [9.17, 15) is 18.0 Å². The number of carbonyl (C=O) groups is 2. The van der Waals surface area contributed by atoms with Gasteiger partial charge in [0.2, 0.25) is 11.8 Å². The molecule has 1 heterocycles. The lowest BCUT2D eigenvalue weighted by atomic mass is 10.2. The lowest BCUT2D eigenvalue weighted by Gasteiger charge is -2.17. The van der Waals surface area contributed by atoms with Gasteiger partial charge in [-0.05, 0) is 55.1 Å². The van der Waals surface area contributed by atoms with Gasteiger partial charge in [-0.3, -0.25) is 14.3 Å². The van der Waals surface area contributed by atoms with Crippen LogP contribution in [-0.2, 0) is 19.6 Å². The van der Waals surface area contributed by atoms with Gasteiger partial charge < -0.3 is 10.2 Å². The fourth-order valence-electron chi connectivity index (χ4n) is 3.07. The number of nitrogens with zero attached hydrogens (tertiary/aromatic N) is 1.